The average Bonchev–Trinajstić information content (AvgIpc) is 1.86. The van der Waals surface area contributed by atoms with Crippen molar-refractivity contribution in [3.05, 3.63) is 29.9 Å². The number of hydrogen-bond acceptors (Lipinski definition) is 2. The van der Waals surface area contributed by atoms with Gasteiger partial charge in [-0.2, -0.15) is 0 Å². The number of allylic oxidation sites excluding steroid dienone is 2. The number of hydrogen-bond donors (Lipinski definition) is 0. The SMILES string of the molecule is O=C1OC2=C1[C]CC=C2. The molecule has 0 aromatic rings. The normalized spacial score (nSPS) is 22.9. The van der Waals surface area contributed by atoms with Crippen molar-refractivity contribution in [3.63, 3.8) is 0 Å². The molecule has 0 spiro atoms. The standard InChI is InChI=1S/C7H4O2/c8-7-5-3-1-2-4-6(5)9-7/h2,4H,1H2. The van der Waals surface area contributed by atoms with E-state index in [0.29, 0.717) is 11.3 Å². The predicted molar refractivity (Wildman–Crippen MR) is 30.1 cm³/mol. The van der Waals surface area contributed by atoms with Crippen molar-refractivity contribution in [2.24, 2.45) is 0 Å². The third-order valence-corrected chi connectivity index (χ3v) is 1.32. The van der Waals surface area contributed by atoms with E-state index in [9.17, 15) is 4.79 Å². The molecule has 9 heavy (non-hydrogen) atoms. The molecule has 0 unspecified atom stereocenters. The quantitative estimate of drug-likeness (QED) is 0.443. The van der Waals surface area contributed by atoms with Gasteiger partial charge in [0.05, 0.1) is 5.57 Å². The van der Waals surface area contributed by atoms with Gasteiger partial charge in [0.2, 0.25) is 0 Å². The molecule has 0 aromatic carbocycles. The zero-order valence-electron chi connectivity index (χ0n) is 4.68. The van der Waals surface area contributed by atoms with Gasteiger partial charge in [-0.3, -0.25) is 0 Å². The Hall–Kier alpha value is -1.05. The number of rotatable bonds is 0. The van der Waals surface area contributed by atoms with E-state index in [1.165, 1.54) is 0 Å². The molecule has 0 bridgehead atoms. The molecule has 0 atom stereocenters. The first kappa shape index (κ1) is 4.79. The highest BCUT2D eigenvalue weighted by Gasteiger charge is 2.29. The summed E-state index contributed by atoms with van der Waals surface area (Å²) in [5, 5.41) is 0. The molecule has 1 aliphatic carbocycles. The Labute approximate surface area is 52.8 Å². The predicted octanol–water partition coefficient (Wildman–Crippen LogP) is 0.838. The van der Waals surface area contributed by atoms with Crippen molar-refractivity contribution in [2.45, 2.75) is 6.42 Å². The lowest BCUT2D eigenvalue weighted by molar-refractivity contribution is -0.139. The lowest BCUT2D eigenvalue weighted by Gasteiger charge is -2.21. The first-order valence-electron chi connectivity index (χ1n) is 2.75. The topological polar surface area (TPSA) is 26.3 Å². The van der Waals surface area contributed by atoms with Crippen LogP contribution < -0.4 is 0 Å². The first-order chi connectivity index (χ1) is 4.38. The van der Waals surface area contributed by atoms with Gasteiger partial charge in [0.1, 0.15) is 5.76 Å². The van der Waals surface area contributed by atoms with Crippen molar-refractivity contribution in [1.29, 1.82) is 0 Å². The molecule has 0 amide bonds. The van der Waals surface area contributed by atoms with Crippen LogP contribution >= 0.6 is 0 Å². The Balaban J connectivity index is 2.37. The molecule has 2 heteroatoms. The van der Waals surface area contributed by atoms with E-state index in [1.54, 1.807) is 6.08 Å². The average molecular weight is 120 g/mol. The van der Waals surface area contributed by atoms with Crippen molar-refractivity contribution in [1.82, 2.24) is 0 Å². The van der Waals surface area contributed by atoms with Crippen LogP contribution in [0.5, 0.6) is 0 Å². The van der Waals surface area contributed by atoms with Crippen LogP contribution in [0.4, 0.5) is 0 Å². The van der Waals surface area contributed by atoms with Crippen LogP contribution in [0, 0.1) is 6.42 Å². The summed E-state index contributed by atoms with van der Waals surface area (Å²) in [5.74, 6) is 0.431. The van der Waals surface area contributed by atoms with Gasteiger partial charge in [0.15, 0.2) is 0 Å². The molecular formula is C7H4O2. The van der Waals surface area contributed by atoms with Crippen LogP contribution in [0.25, 0.3) is 0 Å². The van der Waals surface area contributed by atoms with Gasteiger partial charge in [-0.1, -0.05) is 6.08 Å². The van der Waals surface area contributed by atoms with E-state index < -0.39 is 0 Å². The minimum atomic E-state index is -0.241. The van der Waals surface area contributed by atoms with Crippen molar-refractivity contribution in [3.8, 4) is 0 Å². The molecule has 1 heterocycles. The maximum atomic E-state index is 10.5. The Morgan fingerprint density at radius 2 is 2.56 bits per heavy atom. The Morgan fingerprint density at radius 3 is 3.11 bits per heavy atom. The van der Waals surface area contributed by atoms with Gasteiger partial charge < -0.3 is 4.74 Å². The van der Waals surface area contributed by atoms with Crippen LogP contribution in [0.3, 0.4) is 0 Å². The fourth-order valence-electron chi connectivity index (χ4n) is 0.860. The van der Waals surface area contributed by atoms with E-state index in [-0.39, 0.29) is 5.97 Å². The van der Waals surface area contributed by atoms with E-state index in [0.717, 1.165) is 6.42 Å². The Bertz CT molecular complexity index is 223. The summed E-state index contributed by atoms with van der Waals surface area (Å²) in [7, 11) is 0. The van der Waals surface area contributed by atoms with E-state index in [2.05, 4.69) is 11.2 Å². The van der Waals surface area contributed by atoms with E-state index in [4.69, 9.17) is 0 Å². The van der Waals surface area contributed by atoms with Crippen LogP contribution in [-0.4, -0.2) is 5.97 Å². The largest absolute Gasteiger partial charge is 0.422 e. The molecule has 2 aliphatic rings. The number of ether oxygens (including phenoxy) is 1. The number of carbonyl (C=O) groups excluding carboxylic acids is 1. The highest BCUT2D eigenvalue weighted by atomic mass is 16.6. The van der Waals surface area contributed by atoms with Gasteiger partial charge in [0.25, 0.3) is 0 Å². The minimum absolute atomic E-state index is 0.241. The van der Waals surface area contributed by atoms with Crippen LogP contribution in [0.15, 0.2) is 23.5 Å². The second kappa shape index (κ2) is 1.47. The lowest BCUT2D eigenvalue weighted by Crippen LogP contribution is -2.22. The molecule has 0 fully saturated rings. The lowest BCUT2D eigenvalue weighted by atomic mass is 10.0. The van der Waals surface area contributed by atoms with Crippen LogP contribution in [-0.2, 0) is 9.53 Å². The van der Waals surface area contributed by atoms with Crippen LogP contribution in [0.1, 0.15) is 6.42 Å². The summed E-state index contributed by atoms with van der Waals surface area (Å²) in [6.45, 7) is 0. The molecular weight excluding hydrogens is 116 g/mol. The minimum Gasteiger partial charge on any atom is -0.422 e. The smallest absolute Gasteiger partial charge is 0.343 e. The van der Waals surface area contributed by atoms with Gasteiger partial charge in [-0.25, -0.2) is 4.79 Å². The highest BCUT2D eigenvalue weighted by Crippen LogP contribution is 2.28. The molecule has 0 saturated heterocycles. The third kappa shape index (κ3) is 0.529. The highest BCUT2D eigenvalue weighted by molar-refractivity contribution is 5.98. The molecule has 2 rings (SSSR count). The summed E-state index contributed by atoms with van der Waals surface area (Å²) >= 11 is 0. The van der Waals surface area contributed by atoms with Gasteiger partial charge >= 0.3 is 5.97 Å². The van der Waals surface area contributed by atoms with Crippen molar-refractivity contribution in [2.75, 3.05) is 0 Å². The fraction of sp³-hybridized carbons (Fsp3) is 0.143. The summed E-state index contributed by atoms with van der Waals surface area (Å²) in [6, 6.07) is 0. The second-order valence-corrected chi connectivity index (χ2v) is 1.91. The Morgan fingerprint density at radius 1 is 1.67 bits per heavy atom. The zero-order chi connectivity index (χ0) is 6.27. The van der Waals surface area contributed by atoms with Crippen molar-refractivity contribution >= 4 is 5.97 Å². The first-order valence-corrected chi connectivity index (χ1v) is 2.75. The maximum Gasteiger partial charge on any atom is 0.343 e. The molecule has 0 N–H and O–H groups in total. The van der Waals surface area contributed by atoms with Gasteiger partial charge in [-0.05, 0) is 12.5 Å². The molecule has 2 nitrogen and oxygen atoms in total. The molecule has 1 aliphatic heterocycles. The number of esters is 1. The summed E-state index contributed by atoms with van der Waals surface area (Å²) in [4.78, 5) is 10.5. The summed E-state index contributed by atoms with van der Waals surface area (Å²) < 4.78 is 4.63. The molecule has 0 saturated carbocycles. The van der Waals surface area contributed by atoms with E-state index in [1.807, 2.05) is 6.08 Å². The van der Waals surface area contributed by atoms with Gasteiger partial charge in [0, 0.05) is 6.42 Å². The number of carbonyl (C=O) groups is 1. The molecule has 0 aromatic heterocycles. The van der Waals surface area contributed by atoms with Crippen molar-refractivity contribution < 1.29 is 9.53 Å². The third-order valence-electron chi connectivity index (χ3n) is 1.32. The fourth-order valence-corrected chi connectivity index (χ4v) is 0.860. The second-order valence-electron chi connectivity index (χ2n) is 1.91. The molecule has 2 radical (unpaired) electrons. The molecule has 44 valence electrons. The Kier molecular flexibility index (Phi) is 0.781. The summed E-state index contributed by atoms with van der Waals surface area (Å²) in [6.07, 6.45) is 7.32. The van der Waals surface area contributed by atoms with E-state index >= 15 is 0 Å². The maximum absolute atomic E-state index is 10.5. The summed E-state index contributed by atoms with van der Waals surface area (Å²) in [5.41, 5.74) is 0.623. The monoisotopic (exact) mass is 120 g/mol. The van der Waals surface area contributed by atoms with Crippen LogP contribution in [0.2, 0.25) is 0 Å². The zero-order valence-corrected chi connectivity index (χ0v) is 4.68. The van der Waals surface area contributed by atoms with Gasteiger partial charge in [-0.15, -0.1) is 0 Å².